The number of ether oxygens (including phenoxy) is 1. The van der Waals surface area contributed by atoms with Gasteiger partial charge >= 0.3 is 6.09 Å². The van der Waals surface area contributed by atoms with Crippen molar-refractivity contribution < 1.29 is 22.7 Å². The third-order valence-corrected chi connectivity index (χ3v) is 5.51. The van der Waals surface area contributed by atoms with Gasteiger partial charge in [0.05, 0.1) is 18.9 Å². The van der Waals surface area contributed by atoms with Crippen LogP contribution in [-0.4, -0.2) is 48.0 Å². The Kier molecular flexibility index (Phi) is 5.29. The highest BCUT2D eigenvalue weighted by Crippen LogP contribution is 2.20. The smallest absolute Gasteiger partial charge is 0.417 e. The molecule has 0 unspecified atom stereocenters. The Morgan fingerprint density at radius 2 is 1.93 bits per heavy atom. The van der Waals surface area contributed by atoms with Crippen molar-refractivity contribution in [2.45, 2.75) is 31.0 Å². The van der Waals surface area contributed by atoms with E-state index in [1.54, 1.807) is 34.9 Å². The number of rotatable bonds is 7. The van der Waals surface area contributed by atoms with Gasteiger partial charge in [-0.2, -0.15) is 0 Å². The number of cyclic esters (lactones) is 1. The number of hydrogen-bond acceptors (Lipinski definition) is 6. The van der Waals surface area contributed by atoms with Gasteiger partial charge in [0.2, 0.25) is 0 Å². The van der Waals surface area contributed by atoms with Crippen LogP contribution < -0.4 is 4.72 Å². The first-order valence-electron chi connectivity index (χ1n) is 8.36. The molecule has 1 aliphatic rings. The Labute approximate surface area is 157 Å². The molecule has 2 heterocycles. The average molecular weight is 392 g/mol. The van der Waals surface area contributed by atoms with Crippen LogP contribution in [0.25, 0.3) is 0 Å². The largest absolute Gasteiger partial charge is 0.439 e. The van der Waals surface area contributed by atoms with Crippen LogP contribution in [0.1, 0.15) is 31.5 Å². The fraction of sp³-hybridized carbons (Fsp3) is 0.353. The van der Waals surface area contributed by atoms with Crippen molar-refractivity contribution in [3.63, 3.8) is 0 Å². The van der Waals surface area contributed by atoms with Crippen molar-refractivity contribution in [3.05, 3.63) is 48.4 Å². The molecular weight excluding hydrogens is 372 g/mol. The molecule has 1 saturated heterocycles. The van der Waals surface area contributed by atoms with E-state index in [4.69, 9.17) is 4.74 Å². The maximum absolute atomic E-state index is 12.8. The quantitative estimate of drug-likeness (QED) is 0.764. The lowest BCUT2D eigenvalue weighted by molar-refractivity contribution is -0.126. The van der Waals surface area contributed by atoms with Gasteiger partial charge in [-0.3, -0.25) is 4.79 Å². The molecule has 27 heavy (non-hydrogen) atoms. The first-order valence-corrected chi connectivity index (χ1v) is 9.84. The first kappa shape index (κ1) is 19.1. The van der Waals surface area contributed by atoms with Crippen LogP contribution in [0.3, 0.4) is 0 Å². The highest BCUT2D eigenvalue weighted by Gasteiger charge is 2.35. The summed E-state index contributed by atoms with van der Waals surface area (Å²) in [4.78, 5) is 28.5. The van der Waals surface area contributed by atoms with Crippen molar-refractivity contribution in [2.24, 2.45) is 0 Å². The second kappa shape index (κ2) is 7.49. The summed E-state index contributed by atoms with van der Waals surface area (Å²) >= 11 is 0. The van der Waals surface area contributed by atoms with E-state index in [2.05, 4.69) is 9.71 Å². The van der Waals surface area contributed by atoms with Gasteiger partial charge in [-0.25, -0.2) is 27.8 Å². The van der Waals surface area contributed by atoms with Crippen LogP contribution in [0.4, 0.5) is 4.79 Å². The molecule has 1 atom stereocenters. The molecule has 1 aromatic carbocycles. The molecule has 1 N–H and O–H groups in total. The number of carbonyl (C=O) groups excluding carboxylic acids is 2. The van der Waals surface area contributed by atoms with Crippen LogP contribution in [0.2, 0.25) is 0 Å². The number of benzene rings is 1. The monoisotopic (exact) mass is 392 g/mol. The third kappa shape index (κ3) is 4.17. The Morgan fingerprint density at radius 1 is 1.22 bits per heavy atom. The van der Waals surface area contributed by atoms with Crippen LogP contribution in [0, 0.1) is 0 Å². The number of nitrogens with zero attached hydrogens (tertiary/aromatic N) is 3. The first-order chi connectivity index (χ1) is 12.8. The second-order valence-corrected chi connectivity index (χ2v) is 8.06. The van der Waals surface area contributed by atoms with E-state index in [1.807, 2.05) is 13.8 Å². The minimum absolute atomic E-state index is 0.0587. The zero-order valence-corrected chi connectivity index (χ0v) is 15.7. The van der Waals surface area contributed by atoms with E-state index in [9.17, 15) is 18.0 Å². The van der Waals surface area contributed by atoms with Gasteiger partial charge in [0.25, 0.3) is 15.9 Å². The number of carbonyl (C=O) groups is 2. The predicted octanol–water partition coefficient (Wildman–Crippen LogP) is 1.46. The van der Waals surface area contributed by atoms with Crippen LogP contribution in [-0.2, 0) is 19.6 Å². The summed E-state index contributed by atoms with van der Waals surface area (Å²) < 4.78 is 34.5. The van der Waals surface area contributed by atoms with Crippen molar-refractivity contribution in [2.75, 3.05) is 13.2 Å². The molecular formula is C17H20N4O5S. The van der Waals surface area contributed by atoms with Crippen molar-refractivity contribution >= 4 is 22.0 Å². The number of hydrogen-bond donors (Lipinski definition) is 1. The van der Waals surface area contributed by atoms with Gasteiger partial charge in [0, 0.05) is 12.2 Å². The maximum atomic E-state index is 12.8. The van der Waals surface area contributed by atoms with E-state index in [-0.39, 0.29) is 24.2 Å². The molecule has 0 radical (unpaired) electrons. The SMILES string of the molecule is CC(C)n1cnc(S(=O)(=O)N[C@H](CN2C(=O)COC2=O)c2ccccc2)c1. The molecule has 10 heteroatoms. The predicted molar refractivity (Wildman–Crippen MR) is 95.2 cm³/mol. The second-order valence-electron chi connectivity index (χ2n) is 6.40. The van der Waals surface area contributed by atoms with E-state index in [0.29, 0.717) is 5.56 Å². The van der Waals surface area contributed by atoms with Gasteiger partial charge in [0.1, 0.15) is 0 Å². The molecule has 2 aromatic rings. The molecule has 1 aliphatic heterocycles. The lowest BCUT2D eigenvalue weighted by Crippen LogP contribution is -2.40. The highest BCUT2D eigenvalue weighted by atomic mass is 32.2. The molecule has 1 aromatic heterocycles. The summed E-state index contributed by atoms with van der Waals surface area (Å²) in [7, 11) is -3.97. The number of nitrogens with one attached hydrogen (secondary N) is 1. The lowest BCUT2D eigenvalue weighted by Gasteiger charge is -2.22. The normalized spacial score (nSPS) is 16.0. The number of imide groups is 1. The molecule has 0 aliphatic carbocycles. The number of amides is 2. The number of imidazole rings is 1. The summed E-state index contributed by atoms with van der Waals surface area (Å²) in [6.45, 7) is 3.30. The van der Waals surface area contributed by atoms with Crippen molar-refractivity contribution in [3.8, 4) is 0 Å². The topological polar surface area (TPSA) is 111 Å². The van der Waals surface area contributed by atoms with Gasteiger partial charge in [-0.1, -0.05) is 30.3 Å². The van der Waals surface area contributed by atoms with Crippen LogP contribution in [0.5, 0.6) is 0 Å². The summed E-state index contributed by atoms with van der Waals surface area (Å²) in [6, 6.07) is 7.92. The minimum atomic E-state index is -3.97. The zero-order chi connectivity index (χ0) is 19.6. The van der Waals surface area contributed by atoms with Crippen LogP contribution >= 0.6 is 0 Å². The molecule has 0 spiro atoms. The maximum Gasteiger partial charge on any atom is 0.417 e. The van der Waals surface area contributed by atoms with Crippen molar-refractivity contribution in [1.82, 2.24) is 19.2 Å². The van der Waals surface area contributed by atoms with E-state index in [1.165, 1.54) is 12.5 Å². The standard InChI is InChI=1S/C17H20N4O5S/c1-12(2)20-9-15(18-11-20)27(24,25)19-14(13-6-4-3-5-7-13)8-21-16(22)10-26-17(21)23/h3-7,9,11-12,14,19H,8,10H2,1-2H3/t14-/m1/s1. The summed E-state index contributed by atoms with van der Waals surface area (Å²) in [5, 5.41) is -0.132. The van der Waals surface area contributed by atoms with Crippen LogP contribution in [0.15, 0.2) is 47.9 Å². The van der Waals surface area contributed by atoms with Gasteiger partial charge in [0.15, 0.2) is 11.6 Å². The van der Waals surface area contributed by atoms with E-state index in [0.717, 1.165) is 4.90 Å². The third-order valence-electron chi connectivity index (χ3n) is 4.15. The molecule has 1 fully saturated rings. The number of sulfonamides is 1. The Hall–Kier alpha value is -2.72. The molecule has 144 valence electrons. The highest BCUT2D eigenvalue weighted by molar-refractivity contribution is 7.89. The minimum Gasteiger partial charge on any atom is -0.439 e. The Bertz CT molecular complexity index is 923. The van der Waals surface area contributed by atoms with Crippen molar-refractivity contribution in [1.29, 1.82) is 0 Å². The fourth-order valence-electron chi connectivity index (χ4n) is 2.62. The summed E-state index contributed by atoms with van der Waals surface area (Å²) in [5.41, 5.74) is 0.608. The molecule has 9 nitrogen and oxygen atoms in total. The molecule has 2 amide bonds. The lowest BCUT2D eigenvalue weighted by atomic mass is 10.1. The zero-order valence-electron chi connectivity index (χ0n) is 14.9. The summed E-state index contributed by atoms with van der Waals surface area (Å²) in [5.74, 6) is -0.510. The average Bonchev–Trinajstić information content (AvgIpc) is 3.25. The molecule has 0 bridgehead atoms. The Morgan fingerprint density at radius 3 is 2.48 bits per heavy atom. The number of aromatic nitrogens is 2. The van der Waals surface area contributed by atoms with E-state index < -0.39 is 28.1 Å². The Balaban J connectivity index is 1.88. The van der Waals surface area contributed by atoms with E-state index >= 15 is 0 Å². The van der Waals surface area contributed by atoms with Gasteiger partial charge in [-0.15, -0.1) is 0 Å². The summed E-state index contributed by atoms with van der Waals surface area (Å²) in [6.07, 6.45) is 2.09. The fourth-order valence-corrected chi connectivity index (χ4v) is 3.78. The molecule has 3 rings (SSSR count). The molecule has 0 saturated carbocycles. The van der Waals surface area contributed by atoms with Gasteiger partial charge < -0.3 is 9.30 Å². The van der Waals surface area contributed by atoms with Gasteiger partial charge in [-0.05, 0) is 19.4 Å².